The first-order valence-electron chi connectivity index (χ1n) is 5.59. The maximum Gasteiger partial charge on any atom is 0.407 e. The van der Waals surface area contributed by atoms with E-state index in [0.717, 1.165) is 19.3 Å². The number of amides is 1. The van der Waals surface area contributed by atoms with E-state index in [-0.39, 0.29) is 18.2 Å². The average Bonchev–Trinajstić information content (AvgIpc) is 2.60. The molecule has 1 amide bonds. The minimum Gasteiger partial charge on any atom is -0.444 e. The van der Waals surface area contributed by atoms with Crippen LogP contribution in [0.2, 0.25) is 0 Å². The van der Waals surface area contributed by atoms with Crippen molar-refractivity contribution in [1.29, 1.82) is 0 Å². The summed E-state index contributed by atoms with van der Waals surface area (Å²) >= 11 is 0. The summed E-state index contributed by atoms with van der Waals surface area (Å²) in [5.41, 5.74) is -0.428. The van der Waals surface area contributed by atoms with Crippen molar-refractivity contribution < 1.29 is 14.3 Å². The number of nitrogens with one attached hydrogen (secondary N) is 1. The average molecular weight is 213 g/mol. The van der Waals surface area contributed by atoms with Crippen LogP contribution in [0.5, 0.6) is 0 Å². The molecule has 0 aromatic carbocycles. The molecule has 1 N–H and O–H groups in total. The molecule has 86 valence electrons. The van der Waals surface area contributed by atoms with E-state index in [0.29, 0.717) is 6.10 Å². The van der Waals surface area contributed by atoms with Crippen molar-refractivity contribution >= 4 is 6.09 Å². The Morgan fingerprint density at radius 3 is 2.60 bits per heavy atom. The molecule has 0 saturated carbocycles. The Hall–Kier alpha value is -0.770. The van der Waals surface area contributed by atoms with Gasteiger partial charge >= 0.3 is 6.09 Å². The highest BCUT2D eigenvalue weighted by Crippen LogP contribution is 2.34. The van der Waals surface area contributed by atoms with E-state index in [2.05, 4.69) is 5.32 Å². The predicted octanol–water partition coefficient (Wildman–Crippen LogP) is 1.83. The molecule has 4 heteroatoms. The molecule has 0 aromatic heterocycles. The minimum absolute atomic E-state index is 0.151. The smallest absolute Gasteiger partial charge is 0.407 e. The third-order valence-electron chi connectivity index (χ3n) is 2.81. The van der Waals surface area contributed by atoms with Gasteiger partial charge in [0.15, 0.2) is 0 Å². The van der Waals surface area contributed by atoms with Gasteiger partial charge in [-0.1, -0.05) is 0 Å². The van der Waals surface area contributed by atoms with Crippen LogP contribution in [-0.4, -0.2) is 29.9 Å². The summed E-state index contributed by atoms with van der Waals surface area (Å²) in [6.45, 7) is 5.59. The fourth-order valence-electron chi connectivity index (χ4n) is 2.25. The maximum atomic E-state index is 11.5. The van der Waals surface area contributed by atoms with E-state index >= 15 is 0 Å². The number of carbonyl (C=O) groups is 1. The molecule has 2 rings (SSSR count). The van der Waals surface area contributed by atoms with Crippen molar-refractivity contribution in [2.24, 2.45) is 0 Å². The largest absolute Gasteiger partial charge is 0.444 e. The Morgan fingerprint density at radius 1 is 1.40 bits per heavy atom. The lowest BCUT2D eigenvalue weighted by Gasteiger charge is -2.24. The van der Waals surface area contributed by atoms with Crippen molar-refractivity contribution in [3.63, 3.8) is 0 Å². The normalized spacial score (nSPS) is 34.2. The molecule has 2 fully saturated rings. The fraction of sp³-hybridized carbons (Fsp3) is 0.909. The molecular weight excluding hydrogens is 194 g/mol. The molecule has 2 heterocycles. The number of alkyl carbamates (subject to hydrolysis) is 1. The van der Waals surface area contributed by atoms with Crippen molar-refractivity contribution in [1.82, 2.24) is 5.32 Å². The van der Waals surface area contributed by atoms with Crippen LogP contribution >= 0.6 is 0 Å². The molecule has 2 aliphatic rings. The Bertz CT molecular complexity index is 259. The summed E-state index contributed by atoms with van der Waals surface area (Å²) in [7, 11) is 0. The van der Waals surface area contributed by atoms with Crippen LogP contribution in [0.25, 0.3) is 0 Å². The van der Waals surface area contributed by atoms with Crippen molar-refractivity contribution in [2.75, 3.05) is 0 Å². The summed E-state index contributed by atoms with van der Waals surface area (Å²) in [4.78, 5) is 11.5. The summed E-state index contributed by atoms with van der Waals surface area (Å²) in [5.74, 6) is 0. The molecule has 4 nitrogen and oxygen atoms in total. The Kier molecular flexibility index (Phi) is 2.63. The van der Waals surface area contributed by atoms with Gasteiger partial charge in [0, 0.05) is 0 Å². The first kappa shape index (κ1) is 10.7. The van der Waals surface area contributed by atoms with Gasteiger partial charge in [0.1, 0.15) is 5.60 Å². The molecule has 0 aromatic rings. The highest BCUT2D eigenvalue weighted by molar-refractivity contribution is 5.68. The SMILES string of the molecule is CC(C)(C)OC(=O)N[C@H]1C[C@H]2CC[C@@H]1O2. The van der Waals surface area contributed by atoms with Gasteiger partial charge in [-0.15, -0.1) is 0 Å². The molecule has 2 aliphatic heterocycles. The molecule has 0 unspecified atom stereocenters. The standard InChI is InChI=1S/C11H19NO3/c1-11(2,3)15-10(13)12-8-6-7-4-5-9(8)14-7/h7-9H,4-6H2,1-3H3,(H,12,13)/t7-,8+,9+/m1/s1. The van der Waals surface area contributed by atoms with E-state index in [1.165, 1.54) is 0 Å². The topological polar surface area (TPSA) is 47.6 Å². The Labute approximate surface area is 90.3 Å². The number of fused-ring (bicyclic) bond motifs is 2. The second-order valence-electron chi connectivity index (χ2n) is 5.36. The number of hydrogen-bond donors (Lipinski definition) is 1. The van der Waals surface area contributed by atoms with Gasteiger partial charge in [-0.05, 0) is 40.0 Å². The van der Waals surface area contributed by atoms with Crippen LogP contribution in [0, 0.1) is 0 Å². The first-order chi connectivity index (χ1) is 6.94. The van der Waals surface area contributed by atoms with Crippen LogP contribution in [0.15, 0.2) is 0 Å². The maximum absolute atomic E-state index is 11.5. The molecule has 2 bridgehead atoms. The van der Waals surface area contributed by atoms with Crippen LogP contribution in [0.4, 0.5) is 4.79 Å². The van der Waals surface area contributed by atoms with Gasteiger partial charge < -0.3 is 14.8 Å². The van der Waals surface area contributed by atoms with Gasteiger partial charge in [0.05, 0.1) is 18.2 Å². The number of hydrogen-bond acceptors (Lipinski definition) is 3. The van der Waals surface area contributed by atoms with Crippen LogP contribution in [-0.2, 0) is 9.47 Å². The van der Waals surface area contributed by atoms with E-state index in [4.69, 9.17) is 9.47 Å². The van der Waals surface area contributed by atoms with E-state index in [1.54, 1.807) is 0 Å². The van der Waals surface area contributed by atoms with Crippen LogP contribution in [0.3, 0.4) is 0 Å². The third kappa shape index (κ3) is 2.62. The lowest BCUT2D eigenvalue weighted by atomic mass is 9.96. The number of carbonyl (C=O) groups excluding carboxylic acids is 1. The fourth-order valence-corrected chi connectivity index (χ4v) is 2.25. The number of ether oxygens (including phenoxy) is 2. The van der Waals surface area contributed by atoms with Crippen LogP contribution in [0.1, 0.15) is 40.0 Å². The molecular formula is C11H19NO3. The summed E-state index contributed by atoms with van der Waals surface area (Å²) in [6, 6.07) is 0.151. The van der Waals surface area contributed by atoms with Gasteiger partial charge in [-0.3, -0.25) is 0 Å². The zero-order valence-electron chi connectivity index (χ0n) is 9.58. The summed E-state index contributed by atoms with van der Waals surface area (Å²) in [5, 5.41) is 2.88. The second kappa shape index (κ2) is 3.67. The molecule has 3 atom stereocenters. The van der Waals surface area contributed by atoms with E-state index in [9.17, 15) is 4.79 Å². The van der Waals surface area contributed by atoms with Gasteiger partial charge in [0.25, 0.3) is 0 Å². The summed E-state index contributed by atoms with van der Waals surface area (Å²) < 4.78 is 10.8. The van der Waals surface area contributed by atoms with E-state index < -0.39 is 5.60 Å². The highest BCUT2D eigenvalue weighted by atomic mass is 16.6. The van der Waals surface area contributed by atoms with Gasteiger partial charge in [-0.2, -0.15) is 0 Å². The minimum atomic E-state index is -0.428. The second-order valence-corrected chi connectivity index (χ2v) is 5.36. The molecule has 0 aliphatic carbocycles. The van der Waals surface area contributed by atoms with Crippen molar-refractivity contribution in [3.05, 3.63) is 0 Å². The number of rotatable bonds is 1. The monoisotopic (exact) mass is 213 g/mol. The van der Waals surface area contributed by atoms with Crippen molar-refractivity contribution in [2.45, 2.75) is 63.9 Å². The van der Waals surface area contributed by atoms with Crippen molar-refractivity contribution in [3.8, 4) is 0 Å². The lowest BCUT2D eigenvalue weighted by molar-refractivity contribution is 0.0461. The molecule has 0 spiro atoms. The Morgan fingerprint density at radius 2 is 2.13 bits per heavy atom. The first-order valence-corrected chi connectivity index (χ1v) is 5.59. The zero-order valence-corrected chi connectivity index (χ0v) is 9.58. The lowest BCUT2D eigenvalue weighted by Crippen LogP contribution is -2.43. The summed E-state index contributed by atoms with van der Waals surface area (Å²) in [6.07, 6.45) is 3.37. The van der Waals surface area contributed by atoms with Gasteiger partial charge in [0.2, 0.25) is 0 Å². The third-order valence-corrected chi connectivity index (χ3v) is 2.81. The predicted molar refractivity (Wildman–Crippen MR) is 55.7 cm³/mol. The van der Waals surface area contributed by atoms with Gasteiger partial charge in [-0.25, -0.2) is 4.79 Å². The molecule has 2 saturated heterocycles. The van der Waals surface area contributed by atoms with Crippen LogP contribution < -0.4 is 5.32 Å². The quantitative estimate of drug-likeness (QED) is 0.723. The Balaban J connectivity index is 1.80. The highest BCUT2D eigenvalue weighted by Gasteiger charge is 2.41. The van der Waals surface area contributed by atoms with E-state index in [1.807, 2.05) is 20.8 Å². The molecule has 0 radical (unpaired) electrons. The molecule has 15 heavy (non-hydrogen) atoms. The zero-order chi connectivity index (χ0) is 11.1.